The molecule has 14 nitrogen and oxygen atoms in total. The molecular weight excluding hydrogens is 508 g/mol. The van der Waals surface area contributed by atoms with E-state index in [2.05, 4.69) is 20.9 Å². The quantitative estimate of drug-likeness (QED) is 0.0416. The second-order valence-corrected chi connectivity index (χ2v) is 8.79. The normalized spacial score (nSPS) is 12.0. The molecule has 5 amide bonds. The highest BCUT2D eigenvalue weighted by atomic mass is 16.5. The molecule has 0 spiro atoms. The molecule has 0 aromatic heterocycles. The Kier molecular flexibility index (Phi) is 12.1. The van der Waals surface area contributed by atoms with Gasteiger partial charge in [-0.05, 0) is 35.6 Å². The van der Waals surface area contributed by atoms with Gasteiger partial charge in [0.2, 0.25) is 29.5 Å². The summed E-state index contributed by atoms with van der Waals surface area (Å²) in [6, 6.07) is 12.2. The van der Waals surface area contributed by atoms with Crippen molar-refractivity contribution in [1.29, 1.82) is 0 Å². The molecule has 0 aliphatic carbocycles. The highest BCUT2D eigenvalue weighted by Crippen LogP contribution is 2.20. The fourth-order valence-electron chi connectivity index (χ4n) is 3.78. The summed E-state index contributed by atoms with van der Waals surface area (Å²) in [6.07, 6.45) is 0.248. The number of aliphatic imine (C=N–C) groups is 1. The van der Waals surface area contributed by atoms with Crippen molar-refractivity contribution in [3.63, 3.8) is 0 Å². The van der Waals surface area contributed by atoms with E-state index in [-0.39, 0.29) is 31.8 Å². The van der Waals surface area contributed by atoms with Crippen molar-refractivity contribution in [2.75, 3.05) is 19.6 Å². The fraction of sp³-hybridized carbons (Fsp3) is 0.360. The van der Waals surface area contributed by atoms with Crippen molar-refractivity contribution in [1.82, 2.24) is 21.4 Å². The number of amides is 5. The second kappa shape index (κ2) is 15.5. The van der Waals surface area contributed by atoms with E-state index >= 15 is 0 Å². The summed E-state index contributed by atoms with van der Waals surface area (Å²) in [6.45, 7) is -0.662. The number of fused-ring (bicyclic) bond motifs is 1. The number of guanidine groups is 1. The summed E-state index contributed by atoms with van der Waals surface area (Å²) in [5.41, 5.74) is 18.0. The highest BCUT2D eigenvalue weighted by Gasteiger charge is 2.27. The van der Waals surface area contributed by atoms with Gasteiger partial charge in [0.15, 0.2) is 5.96 Å². The van der Waals surface area contributed by atoms with Gasteiger partial charge in [0.05, 0.1) is 19.0 Å². The van der Waals surface area contributed by atoms with Gasteiger partial charge in [0.25, 0.3) is 0 Å². The number of hydrogen-bond acceptors (Lipinski definition) is 7. The number of carbonyl (C=O) groups excluding carboxylic acids is 5. The van der Waals surface area contributed by atoms with E-state index in [1.54, 1.807) is 0 Å². The summed E-state index contributed by atoms with van der Waals surface area (Å²) in [5.74, 6) is -4.49. The third-order valence-electron chi connectivity index (χ3n) is 5.68. The lowest BCUT2D eigenvalue weighted by molar-refractivity contribution is -0.136. The van der Waals surface area contributed by atoms with Crippen LogP contribution in [0.3, 0.4) is 0 Å². The molecule has 2 atom stereocenters. The van der Waals surface area contributed by atoms with Crippen LogP contribution in [0.25, 0.3) is 10.8 Å². The Morgan fingerprint density at radius 3 is 2.26 bits per heavy atom. The standard InChI is InChI=1S/C25H34N8O6/c26-20(34)13-30-22(36)14-31-24(38)19(6-3-9-29-25(27)28)32-23(37)18(12-21(35)33-39)11-15-7-8-16-4-1-2-5-17(16)10-15/h1-2,4-5,7-8,10,18-19,39H,3,6,9,11-14H2,(H2,26,34)(H,30,36)(H,31,38)(H,32,37)(H,33,35)(H4,27,28,29)/t18-,19+/m1/s1. The first kappa shape index (κ1) is 30.5. The Hall–Kier alpha value is -4.72. The molecule has 39 heavy (non-hydrogen) atoms. The van der Waals surface area contributed by atoms with Crippen LogP contribution < -0.4 is 38.6 Å². The lowest BCUT2D eigenvalue weighted by Gasteiger charge is -2.22. The molecule has 210 valence electrons. The molecule has 11 N–H and O–H groups in total. The summed E-state index contributed by atoms with van der Waals surface area (Å²) in [7, 11) is 0. The van der Waals surface area contributed by atoms with Crippen molar-refractivity contribution in [3.05, 3.63) is 48.0 Å². The summed E-state index contributed by atoms with van der Waals surface area (Å²) in [5, 5.41) is 18.3. The van der Waals surface area contributed by atoms with Gasteiger partial charge < -0.3 is 33.2 Å². The summed E-state index contributed by atoms with van der Waals surface area (Å²) >= 11 is 0. The van der Waals surface area contributed by atoms with Gasteiger partial charge in [-0.3, -0.25) is 34.2 Å². The maximum Gasteiger partial charge on any atom is 0.244 e. The van der Waals surface area contributed by atoms with Crippen LogP contribution in [0.2, 0.25) is 0 Å². The molecule has 0 bridgehead atoms. The Bertz CT molecular complexity index is 1210. The van der Waals surface area contributed by atoms with Crippen LogP contribution in [0, 0.1) is 5.92 Å². The molecule has 2 rings (SSSR count). The van der Waals surface area contributed by atoms with Gasteiger partial charge in [-0.1, -0.05) is 42.5 Å². The first-order valence-electron chi connectivity index (χ1n) is 12.2. The largest absolute Gasteiger partial charge is 0.370 e. The average molecular weight is 543 g/mol. The lowest BCUT2D eigenvalue weighted by atomic mass is 9.93. The third kappa shape index (κ3) is 11.1. The molecule has 0 saturated carbocycles. The maximum absolute atomic E-state index is 13.3. The number of nitrogens with two attached hydrogens (primary N) is 3. The van der Waals surface area contributed by atoms with Crippen LogP contribution in [0.1, 0.15) is 24.8 Å². The lowest BCUT2D eigenvalue weighted by Crippen LogP contribution is -2.51. The Labute approximate surface area is 224 Å². The molecule has 0 radical (unpaired) electrons. The number of carbonyl (C=O) groups is 5. The van der Waals surface area contributed by atoms with Gasteiger partial charge in [-0.2, -0.15) is 0 Å². The number of hydrogen-bond donors (Lipinski definition) is 8. The van der Waals surface area contributed by atoms with Crippen LogP contribution >= 0.6 is 0 Å². The van der Waals surface area contributed by atoms with Crippen molar-refractivity contribution >= 4 is 46.3 Å². The van der Waals surface area contributed by atoms with Crippen LogP contribution in [-0.4, -0.2) is 66.4 Å². The van der Waals surface area contributed by atoms with E-state index in [0.29, 0.717) is 6.42 Å². The van der Waals surface area contributed by atoms with E-state index in [1.807, 2.05) is 42.5 Å². The van der Waals surface area contributed by atoms with E-state index < -0.39 is 54.6 Å². The van der Waals surface area contributed by atoms with Crippen molar-refractivity contribution in [2.24, 2.45) is 28.1 Å². The minimum Gasteiger partial charge on any atom is -0.370 e. The minimum absolute atomic E-state index is 0.117. The number of benzene rings is 2. The number of nitrogens with zero attached hydrogens (tertiary/aromatic N) is 1. The predicted octanol–water partition coefficient (Wildman–Crippen LogP) is -1.85. The average Bonchev–Trinajstić information content (AvgIpc) is 2.91. The van der Waals surface area contributed by atoms with E-state index in [0.717, 1.165) is 16.3 Å². The van der Waals surface area contributed by atoms with Crippen molar-refractivity contribution in [3.8, 4) is 0 Å². The molecule has 0 fully saturated rings. The van der Waals surface area contributed by atoms with Gasteiger partial charge in [-0.25, -0.2) is 5.48 Å². The zero-order chi connectivity index (χ0) is 28.8. The second-order valence-electron chi connectivity index (χ2n) is 8.79. The summed E-state index contributed by atoms with van der Waals surface area (Å²) < 4.78 is 0. The van der Waals surface area contributed by atoms with E-state index in [4.69, 9.17) is 22.4 Å². The third-order valence-corrected chi connectivity index (χ3v) is 5.68. The molecule has 2 aromatic rings. The Morgan fingerprint density at radius 1 is 0.872 bits per heavy atom. The molecule has 14 heteroatoms. The number of primary amides is 1. The van der Waals surface area contributed by atoms with Crippen LogP contribution in [-0.2, 0) is 30.4 Å². The fourth-order valence-corrected chi connectivity index (χ4v) is 3.78. The minimum atomic E-state index is -1.09. The highest BCUT2D eigenvalue weighted by molar-refractivity contribution is 5.93. The van der Waals surface area contributed by atoms with E-state index in [1.165, 1.54) is 5.48 Å². The maximum atomic E-state index is 13.3. The Morgan fingerprint density at radius 2 is 1.59 bits per heavy atom. The monoisotopic (exact) mass is 542 g/mol. The molecule has 2 aromatic carbocycles. The predicted molar refractivity (Wildman–Crippen MR) is 143 cm³/mol. The SMILES string of the molecule is NC(=O)CNC(=O)CNC(=O)[C@H](CCCN=C(N)N)NC(=O)[C@@H](CC(=O)NO)Cc1ccc2ccccc2c1. The molecule has 0 aliphatic heterocycles. The smallest absolute Gasteiger partial charge is 0.244 e. The summed E-state index contributed by atoms with van der Waals surface area (Å²) in [4.78, 5) is 64.6. The molecular formula is C25H34N8O6. The van der Waals surface area contributed by atoms with Crippen LogP contribution in [0.4, 0.5) is 0 Å². The van der Waals surface area contributed by atoms with Gasteiger partial charge in [0, 0.05) is 13.0 Å². The zero-order valence-corrected chi connectivity index (χ0v) is 21.3. The molecule has 0 aliphatic rings. The van der Waals surface area contributed by atoms with Gasteiger partial charge >= 0.3 is 0 Å². The Balaban J connectivity index is 2.16. The molecule has 0 saturated heterocycles. The first-order valence-corrected chi connectivity index (χ1v) is 12.2. The molecule has 0 heterocycles. The number of nitrogens with one attached hydrogen (secondary N) is 4. The van der Waals surface area contributed by atoms with Crippen molar-refractivity contribution in [2.45, 2.75) is 31.7 Å². The topological polar surface area (TPSA) is 244 Å². The van der Waals surface area contributed by atoms with Gasteiger partial charge in [0.1, 0.15) is 6.04 Å². The molecule has 0 unspecified atom stereocenters. The van der Waals surface area contributed by atoms with Crippen LogP contribution in [0.5, 0.6) is 0 Å². The van der Waals surface area contributed by atoms with Crippen LogP contribution in [0.15, 0.2) is 47.5 Å². The zero-order valence-electron chi connectivity index (χ0n) is 21.3. The first-order chi connectivity index (χ1) is 18.6. The van der Waals surface area contributed by atoms with E-state index in [9.17, 15) is 24.0 Å². The van der Waals surface area contributed by atoms with Gasteiger partial charge in [-0.15, -0.1) is 0 Å². The number of hydroxylamine groups is 1. The number of rotatable bonds is 15. The van der Waals surface area contributed by atoms with Crippen molar-refractivity contribution < 1.29 is 29.2 Å².